The Kier molecular flexibility index (Phi) is 3.49. The first-order valence-corrected chi connectivity index (χ1v) is 5.98. The fourth-order valence-electron chi connectivity index (χ4n) is 1.93. The summed E-state index contributed by atoms with van der Waals surface area (Å²) in [6.07, 6.45) is -1.28. The topological polar surface area (TPSA) is 69.7 Å². The van der Waals surface area contributed by atoms with Crippen molar-refractivity contribution in [1.82, 2.24) is 4.90 Å². The summed E-state index contributed by atoms with van der Waals surface area (Å²) in [4.78, 5) is 1.99. The molecule has 1 aromatic carbocycles. The van der Waals surface area contributed by atoms with Crippen LogP contribution in [0.25, 0.3) is 0 Å². The number of nitrogen functional groups attached to an aromatic ring is 1. The van der Waals surface area contributed by atoms with Gasteiger partial charge in [0, 0.05) is 29.8 Å². The van der Waals surface area contributed by atoms with E-state index in [2.05, 4.69) is 15.9 Å². The standard InChI is InChI=1S/C11H15BrN2O2/c12-8-2-1-7(9(13)3-8)4-14-5-10(15)11(16)6-14/h1-3,10-11,15-16H,4-6,13H2. The van der Waals surface area contributed by atoms with Gasteiger partial charge in [0.25, 0.3) is 0 Å². The summed E-state index contributed by atoms with van der Waals surface area (Å²) in [5.74, 6) is 0. The van der Waals surface area contributed by atoms with E-state index < -0.39 is 12.2 Å². The van der Waals surface area contributed by atoms with Crippen molar-refractivity contribution in [3.8, 4) is 0 Å². The molecule has 2 rings (SSSR count). The summed E-state index contributed by atoms with van der Waals surface area (Å²) < 4.78 is 0.954. The van der Waals surface area contributed by atoms with E-state index in [1.807, 2.05) is 23.1 Å². The van der Waals surface area contributed by atoms with Crippen LogP contribution in [0, 0.1) is 0 Å². The number of nitrogens with zero attached hydrogens (tertiary/aromatic N) is 1. The Morgan fingerprint density at radius 2 is 1.94 bits per heavy atom. The molecule has 4 N–H and O–H groups in total. The predicted molar refractivity (Wildman–Crippen MR) is 65.8 cm³/mol. The van der Waals surface area contributed by atoms with Crippen LogP contribution in [-0.2, 0) is 6.54 Å². The Labute approximate surface area is 103 Å². The number of anilines is 1. The molecule has 0 amide bonds. The molecule has 0 saturated carbocycles. The first-order valence-electron chi connectivity index (χ1n) is 5.18. The van der Waals surface area contributed by atoms with Gasteiger partial charge in [-0.1, -0.05) is 22.0 Å². The Morgan fingerprint density at radius 3 is 2.50 bits per heavy atom. The van der Waals surface area contributed by atoms with Crippen molar-refractivity contribution >= 4 is 21.6 Å². The summed E-state index contributed by atoms with van der Waals surface area (Å²) in [6.45, 7) is 1.65. The molecule has 0 bridgehead atoms. The average Bonchev–Trinajstić information content (AvgIpc) is 2.51. The number of aliphatic hydroxyl groups excluding tert-OH is 2. The number of benzene rings is 1. The molecule has 1 fully saturated rings. The highest BCUT2D eigenvalue weighted by atomic mass is 79.9. The second kappa shape index (κ2) is 4.71. The summed E-state index contributed by atoms with van der Waals surface area (Å²) in [5.41, 5.74) is 7.63. The first kappa shape index (κ1) is 11.9. The van der Waals surface area contributed by atoms with E-state index in [0.29, 0.717) is 19.6 Å². The number of β-amino-alcohol motifs (C(OH)–C–C–N with tert-alkyl or cyclic N) is 2. The van der Waals surface area contributed by atoms with Crippen molar-refractivity contribution in [1.29, 1.82) is 0 Å². The molecule has 1 saturated heterocycles. The number of likely N-dealkylation sites (tertiary alicyclic amines) is 1. The molecule has 0 radical (unpaired) electrons. The molecule has 1 aromatic rings. The van der Waals surface area contributed by atoms with Crippen LogP contribution in [0.5, 0.6) is 0 Å². The van der Waals surface area contributed by atoms with Gasteiger partial charge in [-0.15, -0.1) is 0 Å². The maximum absolute atomic E-state index is 9.43. The van der Waals surface area contributed by atoms with Crippen LogP contribution in [0.3, 0.4) is 0 Å². The van der Waals surface area contributed by atoms with E-state index >= 15 is 0 Å². The fourth-order valence-corrected chi connectivity index (χ4v) is 2.31. The highest BCUT2D eigenvalue weighted by molar-refractivity contribution is 9.10. The smallest absolute Gasteiger partial charge is 0.0938 e. The molecule has 0 aliphatic carbocycles. The highest BCUT2D eigenvalue weighted by Gasteiger charge is 2.29. The molecule has 88 valence electrons. The molecule has 1 aliphatic heterocycles. The van der Waals surface area contributed by atoms with Gasteiger partial charge in [0.15, 0.2) is 0 Å². The molecule has 1 heterocycles. The van der Waals surface area contributed by atoms with Crippen LogP contribution in [0.2, 0.25) is 0 Å². The van der Waals surface area contributed by atoms with E-state index in [4.69, 9.17) is 5.73 Å². The lowest BCUT2D eigenvalue weighted by molar-refractivity contribution is 0.0572. The number of aliphatic hydroxyl groups is 2. The summed E-state index contributed by atoms with van der Waals surface area (Å²) >= 11 is 3.35. The molecule has 16 heavy (non-hydrogen) atoms. The van der Waals surface area contributed by atoms with Gasteiger partial charge in [-0.25, -0.2) is 0 Å². The maximum atomic E-state index is 9.43. The number of hydrogen-bond acceptors (Lipinski definition) is 4. The molecular formula is C11H15BrN2O2. The molecule has 5 heteroatoms. The van der Waals surface area contributed by atoms with Crippen LogP contribution in [0.15, 0.2) is 22.7 Å². The minimum absolute atomic E-state index is 0.497. The fraction of sp³-hybridized carbons (Fsp3) is 0.455. The van der Waals surface area contributed by atoms with Crippen LogP contribution in [0.1, 0.15) is 5.56 Å². The zero-order chi connectivity index (χ0) is 11.7. The summed E-state index contributed by atoms with van der Waals surface area (Å²) in [6, 6.07) is 5.75. The van der Waals surface area contributed by atoms with Crippen LogP contribution < -0.4 is 5.73 Å². The highest BCUT2D eigenvalue weighted by Crippen LogP contribution is 2.21. The van der Waals surface area contributed by atoms with E-state index in [9.17, 15) is 10.2 Å². The lowest BCUT2D eigenvalue weighted by Gasteiger charge is -2.16. The van der Waals surface area contributed by atoms with Crippen molar-refractivity contribution in [2.45, 2.75) is 18.8 Å². The normalized spacial score (nSPS) is 26.2. The Hall–Kier alpha value is -0.620. The van der Waals surface area contributed by atoms with Crippen LogP contribution in [0.4, 0.5) is 5.69 Å². The second-order valence-corrected chi connectivity index (χ2v) is 5.09. The molecular weight excluding hydrogens is 272 g/mol. The minimum Gasteiger partial charge on any atom is -0.398 e. The number of nitrogens with two attached hydrogens (primary N) is 1. The van der Waals surface area contributed by atoms with E-state index in [0.717, 1.165) is 15.7 Å². The zero-order valence-corrected chi connectivity index (χ0v) is 10.4. The van der Waals surface area contributed by atoms with Crippen molar-refractivity contribution < 1.29 is 10.2 Å². The number of hydrogen-bond donors (Lipinski definition) is 3. The van der Waals surface area contributed by atoms with E-state index in [1.54, 1.807) is 0 Å². The van der Waals surface area contributed by atoms with Gasteiger partial charge >= 0.3 is 0 Å². The molecule has 2 unspecified atom stereocenters. The van der Waals surface area contributed by atoms with E-state index in [1.165, 1.54) is 0 Å². The second-order valence-electron chi connectivity index (χ2n) is 4.17. The van der Waals surface area contributed by atoms with E-state index in [-0.39, 0.29) is 0 Å². The lowest BCUT2D eigenvalue weighted by atomic mass is 10.2. The maximum Gasteiger partial charge on any atom is 0.0938 e. The molecule has 2 atom stereocenters. The van der Waals surface area contributed by atoms with Crippen LogP contribution in [-0.4, -0.2) is 40.4 Å². The van der Waals surface area contributed by atoms with Gasteiger partial charge in [0.2, 0.25) is 0 Å². The Morgan fingerprint density at radius 1 is 1.31 bits per heavy atom. The Bertz CT molecular complexity index is 376. The largest absolute Gasteiger partial charge is 0.398 e. The molecule has 0 spiro atoms. The first-order chi connectivity index (χ1) is 7.56. The lowest BCUT2D eigenvalue weighted by Crippen LogP contribution is -2.22. The van der Waals surface area contributed by atoms with Crippen molar-refractivity contribution in [3.63, 3.8) is 0 Å². The zero-order valence-electron chi connectivity index (χ0n) is 8.81. The summed E-state index contributed by atoms with van der Waals surface area (Å²) in [7, 11) is 0. The van der Waals surface area contributed by atoms with Gasteiger partial charge in [-0.05, 0) is 17.7 Å². The van der Waals surface area contributed by atoms with Gasteiger partial charge in [-0.2, -0.15) is 0 Å². The number of rotatable bonds is 2. The summed E-state index contributed by atoms with van der Waals surface area (Å²) in [5, 5.41) is 18.9. The minimum atomic E-state index is -0.642. The third kappa shape index (κ3) is 2.55. The monoisotopic (exact) mass is 286 g/mol. The SMILES string of the molecule is Nc1cc(Br)ccc1CN1CC(O)C(O)C1. The predicted octanol–water partition coefficient (Wildman–Crippen LogP) is 0.569. The van der Waals surface area contributed by atoms with Gasteiger partial charge in [0.05, 0.1) is 12.2 Å². The van der Waals surface area contributed by atoms with Crippen LogP contribution >= 0.6 is 15.9 Å². The Balaban J connectivity index is 2.05. The van der Waals surface area contributed by atoms with Gasteiger partial charge in [0.1, 0.15) is 0 Å². The number of halogens is 1. The van der Waals surface area contributed by atoms with Gasteiger partial charge < -0.3 is 15.9 Å². The van der Waals surface area contributed by atoms with Crippen molar-refractivity contribution in [2.24, 2.45) is 0 Å². The average molecular weight is 287 g/mol. The van der Waals surface area contributed by atoms with Crippen molar-refractivity contribution in [2.75, 3.05) is 18.8 Å². The third-order valence-electron chi connectivity index (χ3n) is 2.84. The van der Waals surface area contributed by atoms with Crippen molar-refractivity contribution in [3.05, 3.63) is 28.2 Å². The molecule has 1 aliphatic rings. The van der Waals surface area contributed by atoms with Gasteiger partial charge in [-0.3, -0.25) is 4.90 Å². The molecule has 4 nitrogen and oxygen atoms in total. The third-order valence-corrected chi connectivity index (χ3v) is 3.33. The quantitative estimate of drug-likeness (QED) is 0.696. The molecule has 0 aromatic heterocycles.